The maximum Gasteiger partial charge on any atom is 0.172 e. The summed E-state index contributed by atoms with van der Waals surface area (Å²) in [6.07, 6.45) is 0.677. The molecule has 17 heavy (non-hydrogen) atoms. The fourth-order valence-corrected chi connectivity index (χ4v) is 2.02. The second-order valence-corrected chi connectivity index (χ2v) is 4.37. The number of benzene rings is 1. The molecule has 1 N–H and O–H groups in total. The second-order valence-electron chi connectivity index (χ2n) is 4.37. The molecule has 3 nitrogen and oxygen atoms in total. The summed E-state index contributed by atoms with van der Waals surface area (Å²) in [5, 5.41) is 3.25. The lowest BCUT2D eigenvalue weighted by atomic mass is 9.98. The molecule has 0 bridgehead atoms. The maximum atomic E-state index is 5.31. The normalized spacial score (nSPS) is 13.1. The smallest absolute Gasteiger partial charge is 0.172 e. The van der Waals surface area contributed by atoms with E-state index in [9.17, 15) is 0 Å². The van der Waals surface area contributed by atoms with Crippen molar-refractivity contribution in [3.05, 3.63) is 34.9 Å². The second kappa shape index (κ2) is 6.74. The zero-order chi connectivity index (χ0) is 12.8. The van der Waals surface area contributed by atoms with Gasteiger partial charge in [0, 0.05) is 14.2 Å². The Morgan fingerprint density at radius 3 is 2.35 bits per heavy atom. The minimum absolute atomic E-state index is 0.158. The van der Waals surface area contributed by atoms with Crippen molar-refractivity contribution in [2.75, 3.05) is 21.3 Å². The number of likely N-dealkylation sites (N-methyl/N-ethyl adjacent to an activating group) is 1. The fourth-order valence-electron chi connectivity index (χ4n) is 2.02. The molecule has 0 aromatic heterocycles. The first-order valence-electron chi connectivity index (χ1n) is 5.91. The van der Waals surface area contributed by atoms with Gasteiger partial charge in [0.1, 0.15) is 0 Å². The Bertz CT molecular complexity index is 348. The quantitative estimate of drug-likeness (QED) is 0.768. The van der Waals surface area contributed by atoms with Crippen molar-refractivity contribution < 1.29 is 9.47 Å². The molecule has 0 aliphatic rings. The van der Waals surface area contributed by atoms with E-state index in [-0.39, 0.29) is 12.3 Å². The van der Waals surface area contributed by atoms with E-state index in [1.165, 1.54) is 16.7 Å². The third-order valence-electron chi connectivity index (χ3n) is 3.11. The zero-order valence-corrected chi connectivity index (χ0v) is 11.4. The van der Waals surface area contributed by atoms with Gasteiger partial charge in [-0.1, -0.05) is 23.8 Å². The third-order valence-corrected chi connectivity index (χ3v) is 3.11. The Balaban J connectivity index is 2.83. The van der Waals surface area contributed by atoms with Crippen molar-refractivity contribution >= 4 is 0 Å². The molecule has 1 aromatic rings. The molecule has 1 aromatic carbocycles. The van der Waals surface area contributed by atoms with E-state index >= 15 is 0 Å². The molecule has 0 radical (unpaired) electrons. The lowest BCUT2D eigenvalue weighted by Crippen LogP contribution is -2.41. The van der Waals surface area contributed by atoms with E-state index in [0.717, 1.165) is 6.42 Å². The van der Waals surface area contributed by atoms with E-state index in [4.69, 9.17) is 9.47 Å². The summed E-state index contributed by atoms with van der Waals surface area (Å²) < 4.78 is 10.6. The molecule has 0 aliphatic heterocycles. The summed E-state index contributed by atoms with van der Waals surface area (Å²) in [5.74, 6) is 0. The van der Waals surface area contributed by atoms with Crippen molar-refractivity contribution in [1.82, 2.24) is 5.32 Å². The Morgan fingerprint density at radius 1 is 1.18 bits per heavy atom. The first kappa shape index (κ1) is 14.2. The van der Waals surface area contributed by atoms with Crippen molar-refractivity contribution in [3.8, 4) is 0 Å². The first-order chi connectivity index (χ1) is 8.12. The molecule has 0 saturated heterocycles. The van der Waals surface area contributed by atoms with E-state index in [0.29, 0.717) is 0 Å². The van der Waals surface area contributed by atoms with Crippen LogP contribution in [0.1, 0.15) is 16.7 Å². The van der Waals surface area contributed by atoms with E-state index in [1.54, 1.807) is 14.2 Å². The minimum Gasteiger partial charge on any atom is -0.354 e. The van der Waals surface area contributed by atoms with Gasteiger partial charge >= 0.3 is 0 Å². The molecule has 0 amide bonds. The van der Waals surface area contributed by atoms with Crippen LogP contribution in [0, 0.1) is 13.8 Å². The monoisotopic (exact) mass is 237 g/mol. The predicted octanol–water partition coefficient (Wildman–Crippen LogP) is 2.05. The van der Waals surface area contributed by atoms with Gasteiger partial charge in [-0.2, -0.15) is 0 Å². The summed E-state index contributed by atoms with van der Waals surface area (Å²) >= 11 is 0. The predicted molar refractivity (Wildman–Crippen MR) is 70.3 cm³/mol. The third kappa shape index (κ3) is 3.80. The average molecular weight is 237 g/mol. The number of nitrogens with one attached hydrogen (secondary N) is 1. The lowest BCUT2D eigenvalue weighted by Gasteiger charge is -2.25. The number of hydrogen-bond acceptors (Lipinski definition) is 3. The van der Waals surface area contributed by atoms with E-state index in [2.05, 4.69) is 37.4 Å². The lowest BCUT2D eigenvalue weighted by molar-refractivity contribution is -0.121. The van der Waals surface area contributed by atoms with Crippen molar-refractivity contribution in [1.29, 1.82) is 0 Å². The van der Waals surface area contributed by atoms with Gasteiger partial charge in [-0.05, 0) is 38.4 Å². The number of hydrogen-bond donors (Lipinski definition) is 1. The molecule has 96 valence electrons. The van der Waals surface area contributed by atoms with Crippen molar-refractivity contribution in [2.45, 2.75) is 32.6 Å². The average Bonchev–Trinajstić information content (AvgIpc) is 2.33. The molecule has 1 unspecified atom stereocenters. The van der Waals surface area contributed by atoms with Crippen LogP contribution in [0.25, 0.3) is 0 Å². The molecule has 0 fully saturated rings. The molecular weight excluding hydrogens is 214 g/mol. The highest BCUT2D eigenvalue weighted by atomic mass is 16.7. The van der Waals surface area contributed by atoms with Crippen LogP contribution in [0.4, 0.5) is 0 Å². The van der Waals surface area contributed by atoms with E-state index < -0.39 is 0 Å². The maximum absolute atomic E-state index is 5.31. The standard InChI is InChI=1S/C14H23NO2/c1-10-6-7-11(2)12(8-10)9-13(15-3)14(16-4)17-5/h6-8,13-15H,9H2,1-5H3. The van der Waals surface area contributed by atoms with Gasteiger partial charge in [0.05, 0.1) is 6.04 Å². The first-order valence-corrected chi connectivity index (χ1v) is 5.91. The highest BCUT2D eigenvalue weighted by Crippen LogP contribution is 2.15. The van der Waals surface area contributed by atoms with Gasteiger partial charge in [0.2, 0.25) is 0 Å². The number of ether oxygens (including phenoxy) is 2. The molecule has 0 heterocycles. The van der Waals surface area contributed by atoms with Gasteiger partial charge in [0.25, 0.3) is 0 Å². The van der Waals surface area contributed by atoms with Gasteiger partial charge in [-0.15, -0.1) is 0 Å². The SMILES string of the molecule is CNC(Cc1cc(C)ccc1C)C(OC)OC. The Morgan fingerprint density at radius 2 is 1.82 bits per heavy atom. The number of methoxy groups -OCH3 is 2. The molecular formula is C14H23NO2. The molecule has 0 saturated carbocycles. The largest absolute Gasteiger partial charge is 0.354 e. The number of aryl methyl sites for hydroxylation is 2. The summed E-state index contributed by atoms with van der Waals surface area (Å²) in [6.45, 7) is 4.25. The summed E-state index contributed by atoms with van der Waals surface area (Å²) in [6, 6.07) is 6.68. The zero-order valence-electron chi connectivity index (χ0n) is 11.4. The van der Waals surface area contributed by atoms with Crippen LogP contribution in [0.15, 0.2) is 18.2 Å². The van der Waals surface area contributed by atoms with Gasteiger partial charge in [0.15, 0.2) is 6.29 Å². The van der Waals surface area contributed by atoms with Gasteiger partial charge < -0.3 is 14.8 Å². The highest BCUT2D eigenvalue weighted by Gasteiger charge is 2.20. The number of rotatable bonds is 6. The van der Waals surface area contributed by atoms with Crippen molar-refractivity contribution in [2.24, 2.45) is 0 Å². The van der Waals surface area contributed by atoms with E-state index in [1.807, 2.05) is 7.05 Å². The van der Waals surface area contributed by atoms with Crippen LogP contribution in [0.5, 0.6) is 0 Å². The van der Waals surface area contributed by atoms with Crippen LogP contribution in [-0.2, 0) is 15.9 Å². The van der Waals surface area contributed by atoms with Crippen LogP contribution >= 0.6 is 0 Å². The Kier molecular flexibility index (Phi) is 5.62. The fraction of sp³-hybridized carbons (Fsp3) is 0.571. The minimum atomic E-state index is -0.222. The van der Waals surface area contributed by atoms with Crippen molar-refractivity contribution in [3.63, 3.8) is 0 Å². The summed E-state index contributed by atoms with van der Waals surface area (Å²) in [4.78, 5) is 0. The highest BCUT2D eigenvalue weighted by molar-refractivity contribution is 5.31. The molecule has 0 spiro atoms. The molecule has 0 aliphatic carbocycles. The molecule has 3 heteroatoms. The topological polar surface area (TPSA) is 30.5 Å². The van der Waals surface area contributed by atoms with Crippen LogP contribution in [0.3, 0.4) is 0 Å². The van der Waals surface area contributed by atoms with Gasteiger partial charge in [-0.25, -0.2) is 0 Å². The summed E-state index contributed by atoms with van der Waals surface area (Å²) in [5.41, 5.74) is 3.93. The molecule has 1 atom stereocenters. The van der Waals surface area contributed by atoms with Crippen LogP contribution < -0.4 is 5.32 Å². The van der Waals surface area contributed by atoms with Crippen LogP contribution in [-0.4, -0.2) is 33.6 Å². The molecule has 1 rings (SSSR count). The van der Waals surface area contributed by atoms with Gasteiger partial charge in [-0.3, -0.25) is 0 Å². The Labute approximate surface area is 104 Å². The van der Waals surface area contributed by atoms with Crippen LogP contribution in [0.2, 0.25) is 0 Å². The Hall–Kier alpha value is -0.900. The summed E-state index contributed by atoms with van der Waals surface area (Å²) in [7, 11) is 5.27.